The monoisotopic (exact) mass is 316 g/mol. The molecule has 0 spiro atoms. The third kappa shape index (κ3) is 2.89. The summed E-state index contributed by atoms with van der Waals surface area (Å²) in [5, 5.41) is 23.2. The van der Waals surface area contributed by atoms with Crippen LogP contribution in [0.1, 0.15) is 40.8 Å². The average molecular weight is 316 g/mol. The van der Waals surface area contributed by atoms with Crippen molar-refractivity contribution in [1.29, 1.82) is 0 Å². The lowest BCUT2D eigenvalue weighted by Gasteiger charge is -2.35. The lowest BCUT2D eigenvalue weighted by atomic mass is 9.79. The van der Waals surface area contributed by atoms with Crippen molar-refractivity contribution in [2.75, 3.05) is 12.4 Å². The molecule has 0 saturated heterocycles. The maximum absolute atomic E-state index is 12.3. The number of carbonyl (C=O) groups excluding carboxylic acids is 1. The van der Waals surface area contributed by atoms with Gasteiger partial charge in [0.15, 0.2) is 5.82 Å². The number of aliphatic hydroxyl groups excluding tert-OH is 1. The number of amides is 1. The van der Waals surface area contributed by atoms with Gasteiger partial charge in [-0.25, -0.2) is 4.98 Å². The Morgan fingerprint density at radius 1 is 1.43 bits per heavy atom. The number of pyridine rings is 1. The average Bonchev–Trinajstić information content (AvgIpc) is 2.90. The smallest absolute Gasteiger partial charge is 0.255 e. The topological polar surface area (TPSA) is 105 Å². The van der Waals surface area contributed by atoms with Crippen LogP contribution in [-0.4, -0.2) is 43.9 Å². The molecule has 1 fully saturated rings. The fraction of sp³-hybridized carbons (Fsp3) is 0.467. The van der Waals surface area contributed by atoms with Crippen molar-refractivity contribution in [1.82, 2.24) is 25.1 Å². The van der Waals surface area contributed by atoms with Crippen molar-refractivity contribution in [3.63, 3.8) is 0 Å². The molecule has 2 heterocycles. The highest BCUT2D eigenvalue weighted by Crippen LogP contribution is 2.36. The first-order valence-corrected chi connectivity index (χ1v) is 7.56. The molecule has 2 aromatic rings. The van der Waals surface area contributed by atoms with E-state index in [-0.39, 0.29) is 24.5 Å². The quantitative estimate of drug-likeness (QED) is 0.738. The standard InChI is InChI=1S/C15H20N6O2/c1-16-13-11(4-3-5-17-13)15(23)18-10-6-9(7-10)14-20-19-12(8-22)21(14)2/h3-5,9-10,22H,6-8H2,1-2H3,(H,16,17)(H,18,23). The summed E-state index contributed by atoms with van der Waals surface area (Å²) in [4.78, 5) is 16.5. The van der Waals surface area contributed by atoms with Crippen molar-refractivity contribution in [3.8, 4) is 0 Å². The second kappa shape index (κ2) is 6.33. The summed E-state index contributed by atoms with van der Waals surface area (Å²) in [6.07, 6.45) is 3.28. The lowest BCUT2D eigenvalue weighted by Crippen LogP contribution is -2.44. The zero-order valence-corrected chi connectivity index (χ0v) is 13.2. The van der Waals surface area contributed by atoms with Crippen molar-refractivity contribution >= 4 is 11.7 Å². The molecular formula is C15H20N6O2. The van der Waals surface area contributed by atoms with E-state index in [0.29, 0.717) is 17.2 Å². The van der Waals surface area contributed by atoms with Gasteiger partial charge in [-0.3, -0.25) is 4.79 Å². The fourth-order valence-corrected chi connectivity index (χ4v) is 2.87. The number of anilines is 1. The SMILES string of the molecule is CNc1ncccc1C(=O)NC1CC(c2nnc(CO)n2C)C1. The summed E-state index contributed by atoms with van der Waals surface area (Å²) < 4.78 is 1.82. The van der Waals surface area contributed by atoms with Gasteiger partial charge >= 0.3 is 0 Å². The minimum Gasteiger partial charge on any atom is -0.388 e. The number of aliphatic hydroxyl groups is 1. The van der Waals surface area contributed by atoms with Crippen LogP contribution in [0, 0.1) is 0 Å². The van der Waals surface area contributed by atoms with E-state index in [0.717, 1.165) is 18.7 Å². The lowest BCUT2D eigenvalue weighted by molar-refractivity contribution is 0.0907. The van der Waals surface area contributed by atoms with Gasteiger partial charge in [-0.1, -0.05) is 0 Å². The summed E-state index contributed by atoms with van der Waals surface area (Å²) in [6, 6.07) is 3.61. The molecule has 8 nitrogen and oxygen atoms in total. The summed E-state index contributed by atoms with van der Waals surface area (Å²) >= 11 is 0. The Labute approximate surface area is 134 Å². The van der Waals surface area contributed by atoms with E-state index in [1.165, 1.54) is 0 Å². The summed E-state index contributed by atoms with van der Waals surface area (Å²) in [7, 11) is 3.59. The van der Waals surface area contributed by atoms with E-state index in [1.54, 1.807) is 25.4 Å². The molecule has 0 atom stereocenters. The Kier molecular flexibility index (Phi) is 4.24. The molecule has 1 saturated carbocycles. The third-order valence-electron chi connectivity index (χ3n) is 4.27. The molecule has 0 radical (unpaired) electrons. The van der Waals surface area contributed by atoms with Crippen molar-refractivity contribution in [2.45, 2.75) is 31.4 Å². The van der Waals surface area contributed by atoms with Crippen molar-refractivity contribution < 1.29 is 9.90 Å². The van der Waals surface area contributed by atoms with Crippen LogP contribution in [-0.2, 0) is 13.7 Å². The molecule has 122 valence electrons. The van der Waals surface area contributed by atoms with E-state index in [2.05, 4.69) is 25.8 Å². The number of carbonyl (C=O) groups is 1. The first kappa shape index (κ1) is 15.4. The molecular weight excluding hydrogens is 296 g/mol. The van der Waals surface area contributed by atoms with Crippen molar-refractivity contribution in [3.05, 3.63) is 35.5 Å². The van der Waals surface area contributed by atoms with Crippen LogP contribution >= 0.6 is 0 Å². The van der Waals surface area contributed by atoms with Gasteiger partial charge in [0.25, 0.3) is 5.91 Å². The van der Waals surface area contributed by atoms with Crippen LogP contribution in [0.5, 0.6) is 0 Å². The number of nitrogens with one attached hydrogen (secondary N) is 2. The maximum Gasteiger partial charge on any atom is 0.255 e. The first-order valence-electron chi connectivity index (χ1n) is 7.56. The number of hydrogen-bond acceptors (Lipinski definition) is 6. The van der Waals surface area contributed by atoms with Gasteiger partial charge in [-0.2, -0.15) is 0 Å². The number of rotatable bonds is 5. The predicted molar refractivity (Wildman–Crippen MR) is 83.9 cm³/mol. The molecule has 0 bridgehead atoms. The molecule has 0 unspecified atom stereocenters. The fourth-order valence-electron chi connectivity index (χ4n) is 2.87. The van der Waals surface area contributed by atoms with Gasteiger partial charge in [0.1, 0.15) is 18.2 Å². The van der Waals surface area contributed by atoms with Gasteiger partial charge in [-0.05, 0) is 25.0 Å². The van der Waals surface area contributed by atoms with Gasteiger partial charge < -0.3 is 20.3 Å². The Hall–Kier alpha value is -2.48. The largest absolute Gasteiger partial charge is 0.388 e. The Morgan fingerprint density at radius 3 is 2.87 bits per heavy atom. The number of nitrogens with zero attached hydrogens (tertiary/aromatic N) is 4. The van der Waals surface area contributed by atoms with Crippen LogP contribution in [0.15, 0.2) is 18.3 Å². The summed E-state index contributed by atoms with van der Waals surface area (Å²) in [5.74, 6) is 2.12. The molecule has 2 aromatic heterocycles. The molecule has 1 aliphatic rings. The minimum absolute atomic E-state index is 0.117. The highest BCUT2D eigenvalue weighted by Gasteiger charge is 2.35. The highest BCUT2D eigenvalue weighted by atomic mass is 16.3. The highest BCUT2D eigenvalue weighted by molar-refractivity contribution is 5.98. The Bertz CT molecular complexity index is 708. The zero-order valence-electron chi connectivity index (χ0n) is 13.2. The van der Waals surface area contributed by atoms with Crippen LogP contribution in [0.3, 0.4) is 0 Å². The Morgan fingerprint density at radius 2 is 2.22 bits per heavy atom. The number of aromatic nitrogens is 4. The van der Waals surface area contributed by atoms with Crippen LogP contribution in [0.25, 0.3) is 0 Å². The maximum atomic E-state index is 12.3. The van der Waals surface area contributed by atoms with Gasteiger partial charge in [0, 0.05) is 32.3 Å². The van der Waals surface area contributed by atoms with Crippen LogP contribution in [0.4, 0.5) is 5.82 Å². The summed E-state index contributed by atoms with van der Waals surface area (Å²) in [6.45, 7) is -0.121. The normalized spacial score (nSPS) is 20.0. The van der Waals surface area contributed by atoms with E-state index in [4.69, 9.17) is 5.11 Å². The molecule has 3 N–H and O–H groups in total. The molecule has 3 rings (SSSR count). The first-order chi connectivity index (χ1) is 11.1. The predicted octanol–water partition coefficient (Wildman–Crippen LogP) is 0.420. The van der Waals surface area contributed by atoms with E-state index < -0.39 is 0 Å². The van der Waals surface area contributed by atoms with E-state index >= 15 is 0 Å². The molecule has 1 aliphatic carbocycles. The van der Waals surface area contributed by atoms with E-state index in [9.17, 15) is 4.79 Å². The van der Waals surface area contributed by atoms with Crippen LogP contribution in [0.2, 0.25) is 0 Å². The van der Waals surface area contributed by atoms with Gasteiger partial charge in [0.2, 0.25) is 0 Å². The van der Waals surface area contributed by atoms with E-state index in [1.807, 2.05) is 11.6 Å². The molecule has 8 heteroatoms. The molecule has 1 amide bonds. The zero-order chi connectivity index (χ0) is 16.4. The number of hydrogen-bond donors (Lipinski definition) is 3. The van der Waals surface area contributed by atoms with Gasteiger partial charge in [0.05, 0.1) is 5.56 Å². The van der Waals surface area contributed by atoms with Crippen molar-refractivity contribution in [2.24, 2.45) is 7.05 Å². The molecule has 0 aromatic carbocycles. The second-order valence-corrected chi connectivity index (χ2v) is 5.68. The van der Waals surface area contributed by atoms with Crippen LogP contribution < -0.4 is 10.6 Å². The minimum atomic E-state index is -0.125. The second-order valence-electron chi connectivity index (χ2n) is 5.68. The molecule has 23 heavy (non-hydrogen) atoms. The third-order valence-corrected chi connectivity index (χ3v) is 4.27. The summed E-state index contributed by atoms with van der Waals surface area (Å²) in [5.41, 5.74) is 0.541. The molecule has 0 aliphatic heterocycles. The van der Waals surface area contributed by atoms with Gasteiger partial charge in [-0.15, -0.1) is 10.2 Å². The Balaban J connectivity index is 1.60.